The van der Waals surface area contributed by atoms with Crippen LogP contribution in [0.5, 0.6) is 0 Å². The summed E-state index contributed by atoms with van der Waals surface area (Å²) in [6.07, 6.45) is 5.54. The molecule has 8 heteroatoms. The average Bonchev–Trinajstić information content (AvgIpc) is 3.19. The molecule has 2 amide bonds. The van der Waals surface area contributed by atoms with Crippen LogP contribution in [0.25, 0.3) is 0 Å². The Morgan fingerprint density at radius 2 is 1.72 bits per heavy atom. The maximum Gasteiger partial charge on any atom is 0.358 e. The average molecular weight is 356 g/mol. The van der Waals surface area contributed by atoms with E-state index in [1.54, 1.807) is 0 Å². The number of ether oxygens (including phenoxy) is 2. The second kappa shape index (κ2) is 10.5. The van der Waals surface area contributed by atoms with Crippen molar-refractivity contribution < 1.29 is 28.7 Å². The summed E-state index contributed by atoms with van der Waals surface area (Å²) in [4.78, 5) is 41.1. The van der Waals surface area contributed by atoms with Crippen LogP contribution in [0.2, 0.25) is 0 Å². The third-order valence-electron chi connectivity index (χ3n) is 4.45. The molecule has 2 fully saturated rings. The maximum atomic E-state index is 11.5. The number of likely N-dealkylation sites (N-methyl/N-ethyl adjacent to an activating group) is 1. The minimum atomic E-state index is -0.764. The molecule has 0 spiro atoms. The lowest BCUT2D eigenvalue weighted by Crippen LogP contribution is -2.33. The van der Waals surface area contributed by atoms with E-state index in [-0.39, 0.29) is 26.1 Å². The van der Waals surface area contributed by atoms with E-state index >= 15 is 0 Å². The van der Waals surface area contributed by atoms with Crippen molar-refractivity contribution in [3.8, 4) is 0 Å². The molecule has 0 unspecified atom stereocenters. The van der Waals surface area contributed by atoms with Gasteiger partial charge in [0.1, 0.15) is 6.61 Å². The summed E-state index contributed by atoms with van der Waals surface area (Å²) >= 11 is 0. The van der Waals surface area contributed by atoms with Crippen molar-refractivity contribution in [3.63, 3.8) is 0 Å². The first-order valence-corrected chi connectivity index (χ1v) is 8.97. The number of amides is 2. The highest BCUT2D eigenvalue weighted by molar-refractivity contribution is 6.01. The standard InChI is InChI=1S/C17H28N2O6/c1-18(12-14-4-2-3-5-14)8-9-23-10-11-24-13-17(22)25-19-15(20)6-7-16(19)21/h14H,2-13H2,1H3. The van der Waals surface area contributed by atoms with Gasteiger partial charge in [-0.3, -0.25) is 9.59 Å². The predicted molar refractivity (Wildman–Crippen MR) is 88.3 cm³/mol. The molecule has 1 saturated heterocycles. The molecule has 25 heavy (non-hydrogen) atoms. The summed E-state index contributed by atoms with van der Waals surface area (Å²) in [5.74, 6) is -0.930. The highest BCUT2D eigenvalue weighted by Crippen LogP contribution is 2.24. The molecule has 0 atom stereocenters. The molecule has 1 aliphatic heterocycles. The second-order valence-corrected chi connectivity index (χ2v) is 6.62. The van der Waals surface area contributed by atoms with E-state index in [0.29, 0.717) is 18.3 Å². The van der Waals surface area contributed by atoms with E-state index in [1.165, 1.54) is 25.7 Å². The van der Waals surface area contributed by atoms with Gasteiger partial charge in [0.2, 0.25) is 0 Å². The molecule has 8 nitrogen and oxygen atoms in total. The molecule has 0 aromatic carbocycles. The van der Waals surface area contributed by atoms with E-state index in [4.69, 9.17) is 9.47 Å². The Bertz CT molecular complexity index is 448. The van der Waals surface area contributed by atoms with Gasteiger partial charge in [-0.15, -0.1) is 5.06 Å². The van der Waals surface area contributed by atoms with E-state index in [2.05, 4.69) is 16.8 Å². The van der Waals surface area contributed by atoms with Crippen LogP contribution in [0.4, 0.5) is 0 Å². The van der Waals surface area contributed by atoms with Gasteiger partial charge in [0.25, 0.3) is 11.8 Å². The molecular formula is C17H28N2O6. The molecule has 1 saturated carbocycles. The second-order valence-electron chi connectivity index (χ2n) is 6.62. The Morgan fingerprint density at radius 3 is 2.40 bits per heavy atom. The Labute approximate surface area is 148 Å². The molecule has 0 bridgehead atoms. The van der Waals surface area contributed by atoms with Gasteiger partial charge in [0.15, 0.2) is 0 Å². The summed E-state index contributed by atoms with van der Waals surface area (Å²) in [5.41, 5.74) is 0. The van der Waals surface area contributed by atoms with Crippen LogP contribution in [0.15, 0.2) is 0 Å². The number of rotatable bonds is 11. The van der Waals surface area contributed by atoms with Gasteiger partial charge in [-0.2, -0.15) is 0 Å². The number of hydroxylamine groups is 2. The summed E-state index contributed by atoms with van der Waals surface area (Å²) in [6.45, 7) is 2.93. The van der Waals surface area contributed by atoms with Crippen molar-refractivity contribution >= 4 is 17.8 Å². The predicted octanol–water partition coefficient (Wildman–Crippen LogP) is 0.749. The zero-order valence-electron chi connectivity index (χ0n) is 14.9. The minimum Gasteiger partial charge on any atom is -0.378 e. The van der Waals surface area contributed by atoms with Crippen LogP contribution in [0.3, 0.4) is 0 Å². The van der Waals surface area contributed by atoms with Crippen LogP contribution < -0.4 is 0 Å². The number of imide groups is 1. The lowest BCUT2D eigenvalue weighted by molar-refractivity contribution is -0.200. The maximum absolute atomic E-state index is 11.5. The molecule has 0 radical (unpaired) electrons. The fraction of sp³-hybridized carbons (Fsp3) is 0.824. The number of hydrogen-bond acceptors (Lipinski definition) is 7. The van der Waals surface area contributed by atoms with E-state index in [0.717, 1.165) is 19.0 Å². The van der Waals surface area contributed by atoms with Crippen molar-refractivity contribution in [2.24, 2.45) is 5.92 Å². The van der Waals surface area contributed by atoms with Crippen LogP contribution in [-0.2, 0) is 28.7 Å². The van der Waals surface area contributed by atoms with Crippen LogP contribution in [0, 0.1) is 5.92 Å². The van der Waals surface area contributed by atoms with Crippen molar-refractivity contribution in [3.05, 3.63) is 0 Å². The largest absolute Gasteiger partial charge is 0.378 e. The van der Waals surface area contributed by atoms with Crippen LogP contribution in [0.1, 0.15) is 38.5 Å². The van der Waals surface area contributed by atoms with Crippen molar-refractivity contribution in [1.29, 1.82) is 0 Å². The van der Waals surface area contributed by atoms with Crippen LogP contribution >= 0.6 is 0 Å². The number of carbonyl (C=O) groups is 3. The summed E-state index contributed by atoms with van der Waals surface area (Å²) in [7, 11) is 2.11. The van der Waals surface area contributed by atoms with Gasteiger partial charge < -0.3 is 19.2 Å². The van der Waals surface area contributed by atoms with E-state index in [1.807, 2.05) is 0 Å². The Kier molecular flexibility index (Phi) is 8.30. The first kappa shape index (κ1) is 19.8. The summed E-state index contributed by atoms with van der Waals surface area (Å²) < 4.78 is 10.6. The molecule has 1 heterocycles. The van der Waals surface area contributed by atoms with Crippen molar-refractivity contribution in [2.75, 3.05) is 46.6 Å². The third kappa shape index (κ3) is 7.09. The SMILES string of the molecule is CN(CCOCCOCC(=O)ON1C(=O)CCC1=O)CC1CCCC1. The van der Waals surface area contributed by atoms with Gasteiger partial charge in [0, 0.05) is 25.9 Å². The monoisotopic (exact) mass is 356 g/mol. The lowest BCUT2D eigenvalue weighted by atomic mass is 10.1. The number of carbonyl (C=O) groups excluding carboxylic acids is 3. The Hall–Kier alpha value is -1.51. The fourth-order valence-corrected chi connectivity index (χ4v) is 3.11. The first-order chi connectivity index (χ1) is 12.1. The fourth-order valence-electron chi connectivity index (χ4n) is 3.11. The van der Waals surface area contributed by atoms with E-state index < -0.39 is 17.8 Å². The number of nitrogens with zero attached hydrogens (tertiary/aromatic N) is 2. The molecule has 1 aliphatic carbocycles. The molecule has 142 valence electrons. The minimum absolute atomic E-state index is 0.0794. The zero-order chi connectivity index (χ0) is 18.1. The van der Waals surface area contributed by atoms with Crippen LogP contribution in [-0.4, -0.2) is 74.3 Å². The lowest BCUT2D eigenvalue weighted by Gasteiger charge is -2.20. The van der Waals surface area contributed by atoms with Gasteiger partial charge in [-0.1, -0.05) is 12.8 Å². The van der Waals surface area contributed by atoms with Gasteiger partial charge in [0.05, 0.1) is 19.8 Å². The molecular weight excluding hydrogens is 328 g/mol. The number of hydrogen-bond donors (Lipinski definition) is 0. The topological polar surface area (TPSA) is 85.4 Å². The Balaban J connectivity index is 1.43. The Morgan fingerprint density at radius 1 is 1.08 bits per heavy atom. The van der Waals surface area contributed by atoms with Crippen molar-refractivity contribution in [2.45, 2.75) is 38.5 Å². The van der Waals surface area contributed by atoms with Gasteiger partial charge in [-0.05, 0) is 25.8 Å². The third-order valence-corrected chi connectivity index (χ3v) is 4.45. The molecule has 2 aliphatic rings. The molecule has 0 aromatic heterocycles. The van der Waals surface area contributed by atoms with E-state index in [9.17, 15) is 14.4 Å². The highest BCUT2D eigenvalue weighted by atomic mass is 16.7. The quantitative estimate of drug-likeness (QED) is 0.399. The molecule has 0 aromatic rings. The highest BCUT2D eigenvalue weighted by Gasteiger charge is 2.32. The van der Waals surface area contributed by atoms with Gasteiger partial charge in [-0.25, -0.2) is 4.79 Å². The molecule has 2 rings (SSSR count). The normalized spacial score (nSPS) is 18.6. The first-order valence-electron chi connectivity index (χ1n) is 8.97. The molecule has 0 N–H and O–H groups in total. The van der Waals surface area contributed by atoms with Crippen molar-refractivity contribution in [1.82, 2.24) is 9.96 Å². The smallest absolute Gasteiger partial charge is 0.358 e. The zero-order valence-corrected chi connectivity index (χ0v) is 14.9. The summed E-state index contributed by atoms with van der Waals surface area (Å²) in [6, 6.07) is 0. The van der Waals surface area contributed by atoms with Gasteiger partial charge >= 0.3 is 5.97 Å². The summed E-state index contributed by atoms with van der Waals surface area (Å²) in [5, 5.41) is 0.516.